The zero-order valence-electron chi connectivity index (χ0n) is 18.7. The molecule has 1 N–H and O–H groups in total. The number of ether oxygens (including phenoxy) is 2. The van der Waals surface area contributed by atoms with Gasteiger partial charge >= 0.3 is 0 Å². The molecule has 0 unspecified atom stereocenters. The Hall–Kier alpha value is -3.77. The largest absolute Gasteiger partial charge is 0.493 e. The van der Waals surface area contributed by atoms with Crippen molar-refractivity contribution in [2.24, 2.45) is 0 Å². The summed E-state index contributed by atoms with van der Waals surface area (Å²) in [5, 5.41) is 3.58. The van der Waals surface area contributed by atoms with E-state index in [-0.39, 0.29) is 11.3 Å². The standard InChI is InChI=1S/C26H23ClN2O4/c1-15-5-8-17(9-6-15)23-24(28-19-11-12-21(32-3)22(14-19)33-4)26(31)29(25(23)30)20-13-18(27)10-7-16(20)2/h5-14,28H,1-4H3. The molecule has 1 aliphatic heterocycles. The fourth-order valence-corrected chi connectivity index (χ4v) is 3.90. The first-order chi connectivity index (χ1) is 15.8. The van der Waals surface area contributed by atoms with Crippen molar-refractivity contribution >= 4 is 40.4 Å². The highest BCUT2D eigenvalue weighted by molar-refractivity contribution is 6.46. The lowest BCUT2D eigenvalue weighted by molar-refractivity contribution is -0.120. The van der Waals surface area contributed by atoms with Gasteiger partial charge in [-0.2, -0.15) is 0 Å². The van der Waals surface area contributed by atoms with Crippen LogP contribution in [0.4, 0.5) is 11.4 Å². The average Bonchev–Trinajstić information content (AvgIpc) is 3.05. The van der Waals surface area contributed by atoms with Crippen LogP contribution >= 0.6 is 11.6 Å². The quantitative estimate of drug-likeness (QED) is 0.499. The van der Waals surface area contributed by atoms with Crippen molar-refractivity contribution in [3.8, 4) is 11.5 Å². The predicted molar refractivity (Wildman–Crippen MR) is 130 cm³/mol. The third-order valence-electron chi connectivity index (χ3n) is 5.49. The summed E-state index contributed by atoms with van der Waals surface area (Å²) in [6.07, 6.45) is 0. The number of carbonyl (C=O) groups is 2. The Morgan fingerprint density at radius 2 is 1.52 bits per heavy atom. The Morgan fingerprint density at radius 1 is 0.818 bits per heavy atom. The van der Waals surface area contributed by atoms with E-state index in [9.17, 15) is 9.59 Å². The second kappa shape index (κ2) is 9.00. The third-order valence-corrected chi connectivity index (χ3v) is 5.72. The maximum atomic E-state index is 13.6. The maximum Gasteiger partial charge on any atom is 0.282 e. The fourth-order valence-electron chi connectivity index (χ4n) is 3.73. The number of anilines is 2. The number of halogens is 1. The monoisotopic (exact) mass is 462 g/mol. The van der Waals surface area contributed by atoms with Gasteiger partial charge in [0.25, 0.3) is 11.8 Å². The van der Waals surface area contributed by atoms with Crippen LogP contribution in [0.2, 0.25) is 5.02 Å². The van der Waals surface area contributed by atoms with Crippen molar-refractivity contribution in [2.45, 2.75) is 13.8 Å². The molecule has 1 heterocycles. The van der Waals surface area contributed by atoms with Crippen molar-refractivity contribution in [1.29, 1.82) is 0 Å². The van der Waals surface area contributed by atoms with E-state index in [4.69, 9.17) is 21.1 Å². The number of nitrogens with one attached hydrogen (secondary N) is 1. The summed E-state index contributed by atoms with van der Waals surface area (Å²) >= 11 is 6.19. The fraction of sp³-hybridized carbons (Fsp3) is 0.154. The first kappa shape index (κ1) is 22.4. The molecule has 168 valence electrons. The third kappa shape index (κ3) is 4.17. The van der Waals surface area contributed by atoms with Crippen molar-refractivity contribution < 1.29 is 19.1 Å². The smallest absolute Gasteiger partial charge is 0.282 e. The van der Waals surface area contributed by atoms with Gasteiger partial charge in [-0.15, -0.1) is 0 Å². The number of imide groups is 1. The molecule has 0 bridgehead atoms. The van der Waals surface area contributed by atoms with Crippen LogP contribution in [-0.4, -0.2) is 26.0 Å². The molecule has 1 aliphatic rings. The lowest BCUT2D eigenvalue weighted by Gasteiger charge is -2.18. The minimum absolute atomic E-state index is 0.176. The molecule has 3 aromatic carbocycles. The summed E-state index contributed by atoms with van der Waals surface area (Å²) in [5.41, 5.74) is 3.95. The van der Waals surface area contributed by atoms with Gasteiger partial charge in [-0.1, -0.05) is 47.5 Å². The van der Waals surface area contributed by atoms with E-state index >= 15 is 0 Å². The molecule has 3 aromatic rings. The van der Waals surface area contributed by atoms with Crippen LogP contribution in [0.25, 0.3) is 5.57 Å². The molecule has 33 heavy (non-hydrogen) atoms. The van der Waals surface area contributed by atoms with Crippen LogP contribution in [0.3, 0.4) is 0 Å². The van der Waals surface area contributed by atoms with E-state index in [0.29, 0.717) is 33.5 Å². The highest BCUT2D eigenvalue weighted by atomic mass is 35.5. The first-order valence-corrected chi connectivity index (χ1v) is 10.7. The summed E-state index contributed by atoms with van der Waals surface area (Å²) in [7, 11) is 3.08. The number of benzene rings is 3. The van der Waals surface area contributed by atoms with Gasteiger partial charge in [-0.05, 0) is 49.2 Å². The minimum atomic E-state index is -0.462. The molecule has 0 radical (unpaired) electrons. The second-order valence-corrected chi connectivity index (χ2v) is 8.12. The number of carbonyl (C=O) groups excluding carboxylic acids is 2. The Balaban J connectivity index is 1.84. The van der Waals surface area contributed by atoms with Crippen LogP contribution in [-0.2, 0) is 9.59 Å². The molecule has 6 nitrogen and oxygen atoms in total. The van der Waals surface area contributed by atoms with Gasteiger partial charge in [0.2, 0.25) is 0 Å². The summed E-state index contributed by atoms with van der Waals surface area (Å²) in [6.45, 7) is 3.79. The zero-order valence-corrected chi connectivity index (χ0v) is 19.5. The van der Waals surface area contributed by atoms with Gasteiger partial charge in [0.05, 0.1) is 25.5 Å². The van der Waals surface area contributed by atoms with Crippen molar-refractivity contribution in [1.82, 2.24) is 0 Å². The minimum Gasteiger partial charge on any atom is -0.493 e. The lowest BCUT2D eigenvalue weighted by atomic mass is 10.0. The van der Waals surface area contributed by atoms with Gasteiger partial charge < -0.3 is 14.8 Å². The predicted octanol–water partition coefficient (Wildman–Crippen LogP) is 5.37. The number of hydrogen-bond acceptors (Lipinski definition) is 5. The molecule has 0 aromatic heterocycles. The Morgan fingerprint density at radius 3 is 2.18 bits per heavy atom. The molecule has 0 atom stereocenters. The van der Waals surface area contributed by atoms with E-state index in [1.165, 1.54) is 12.0 Å². The van der Waals surface area contributed by atoms with Crippen molar-refractivity contribution in [2.75, 3.05) is 24.4 Å². The molecule has 0 spiro atoms. The van der Waals surface area contributed by atoms with Crippen molar-refractivity contribution in [3.05, 3.63) is 88.1 Å². The molecule has 0 saturated heterocycles. The molecule has 7 heteroatoms. The van der Waals surface area contributed by atoms with Crippen LogP contribution < -0.4 is 19.7 Å². The van der Waals surface area contributed by atoms with E-state index in [0.717, 1.165) is 11.1 Å². The molecule has 4 rings (SSSR count). The average molecular weight is 463 g/mol. The summed E-state index contributed by atoms with van der Waals surface area (Å²) < 4.78 is 10.7. The zero-order chi connectivity index (χ0) is 23.7. The van der Waals surface area contributed by atoms with E-state index < -0.39 is 11.8 Å². The number of methoxy groups -OCH3 is 2. The van der Waals surface area contributed by atoms with Gasteiger partial charge in [0, 0.05) is 16.8 Å². The Bertz CT molecular complexity index is 1280. The van der Waals surface area contributed by atoms with Crippen LogP contribution in [0.5, 0.6) is 11.5 Å². The number of aryl methyl sites for hydroxylation is 2. The van der Waals surface area contributed by atoms with Crippen LogP contribution in [0.15, 0.2) is 66.4 Å². The molecule has 0 aliphatic carbocycles. The summed E-state index contributed by atoms with van der Waals surface area (Å²) in [6, 6.07) is 17.8. The number of amides is 2. The number of rotatable bonds is 6. The van der Waals surface area contributed by atoms with E-state index in [1.807, 2.05) is 38.1 Å². The normalized spacial score (nSPS) is 13.5. The second-order valence-electron chi connectivity index (χ2n) is 7.69. The SMILES string of the molecule is COc1ccc(NC2=C(c3ccc(C)cc3)C(=O)N(c3cc(Cl)ccc3C)C2=O)cc1OC. The van der Waals surface area contributed by atoms with Crippen LogP contribution in [0, 0.1) is 13.8 Å². The van der Waals surface area contributed by atoms with Gasteiger partial charge in [0.1, 0.15) is 5.70 Å². The topological polar surface area (TPSA) is 67.9 Å². The van der Waals surface area contributed by atoms with Gasteiger partial charge in [0.15, 0.2) is 11.5 Å². The van der Waals surface area contributed by atoms with Gasteiger partial charge in [-0.25, -0.2) is 4.90 Å². The highest BCUT2D eigenvalue weighted by Crippen LogP contribution is 2.37. The maximum absolute atomic E-state index is 13.6. The molecule has 0 saturated carbocycles. The molecular formula is C26H23ClN2O4. The van der Waals surface area contributed by atoms with Crippen LogP contribution in [0.1, 0.15) is 16.7 Å². The Labute approximate surface area is 197 Å². The summed E-state index contributed by atoms with van der Waals surface area (Å²) in [5.74, 6) is 0.174. The van der Waals surface area contributed by atoms with E-state index in [1.54, 1.807) is 43.5 Å². The summed E-state index contributed by atoms with van der Waals surface area (Å²) in [4.78, 5) is 28.4. The number of hydrogen-bond donors (Lipinski definition) is 1. The highest BCUT2D eigenvalue weighted by Gasteiger charge is 2.41. The van der Waals surface area contributed by atoms with E-state index in [2.05, 4.69) is 5.32 Å². The Kier molecular flexibility index (Phi) is 6.11. The lowest BCUT2D eigenvalue weighted by Crippen LogP contribution is -2.33. The number of nitrogens with zero attached hydrogens (tertiary/aromatic N) is 1. The first-order valence-electron chi connectivity index (χ1n) is 10.3. The molecular weight excluding hydrogens is 440 g/mol. The van der Waals surface area contributed by atoms with Gasteiger partial charge in [-0.3, -0.25) is 9.59 Å². The van der Waals surface area contributed by atoms with Crippen molar-refractivity contribution in [3.63, 3.8) is 0 Å². The molecule has 2 amide bonds. The molecule has 0 fully saturated rings.